The molecule has 0 aromatic heterocycles. The van der Waals surface area contributed by atoms with Crippen LogP contribution in [0, 0.1) is 0 Å². The van der Waals surface area contributed by atoms with Crippen LogP contribution in [0.4, 0.5) is 0 Å². The maximum Gasteiger partial charge on any atom is 0.217 e. The molecule has 0 aliphatic carbocycles. The van der Waals surface area contributed by atoms with E-state index in [4.69, 9.17) is 0 Å². The summed E-state index contributed by atoms with van der Waals surface area (Å²) >= 11 is 0. The molecule has 15 heavy (non-hydrogen) atoms. The SMILES string of the molecule is CC(=O)NC(C)C(O)CN(C)S(C)(=O)=O. The minimum absolute atomic E-state index is 0.0414. The van der Waals surface area contributed by atoms with Crippen LogP contribution in [0.5, 0.6) is 0 Å². The van der Waals surface area contributed by atoms with Gasteiger partial charge in [0.15, 0.2) is 0 Å². The number of amides is 1. The summed E-state index contributed by atoms with van der Waals surface area (Å²) in [6.45, 7) is 2.91. The average molecular weight is 238 g/mol. The van der Waals surface area contributed by atoms with Crippen LogP contribution in [-0.2, 0) is 14.8 Å². The fourth-order valence-corrected chi connectivity index (χ4v) is 1.40. The van der Waals surface area contributed by atoms with E-state index < -0.39 is 22.2 Å². The van der Waals surface area contributed by atoms with Crippen molar-refractivity contribution >= 4 is 15.9 Å². The van der Waals surface area contributed by atoms with Crippen LogP contribution >= 0.6 is 0 Å². The van der Waals surface area contributed by atoms with E-state index in [1.165, 1.54) is 14.0 Å². The van der Waals surface area contributed by atoms with Gasteiger partial charge in [0, 0.05) is 20.5 Å². The van der Waals surface area contributed by atoms with Gasteiger partial charge >= 0.3 is 0 Å². The third-order valence-electron chi connectivity index (χ3n) is 2.02. The molecule has 6 nitrogen and oxygen atoms in total. The molecule has 2 atom stereocenters. The second-order valence-corrected chi connectivity index (χ2v) is 5.69. The summed E-state index contributed by atoms with van der Waals surface area (Å²) in [5.41, 5.74) is 0. The highest BCUT2D eigenvalue weighted by atomic mass is 32.2. The maximum absolute atomic E-state index is 11.0. The molecule has 0 saturated heterocycles. The predicted octanol–water partition coefficient (Wildman–Crippen LogP) is -1.24. The van der Waals surface area contributed by atoms with Gasteiger partial charge in [0.2, 0.25) is 15.9 Å². The summed E-state index contributed by atoms with van der Waals surface area (Å²) in [6.07, 6.45) is 0.136. The lowest BCUT2D eigenvalue weighted by Crippen LogP contribution is -2.46. The molecular weight excluding hydrogens is 220 g/mol. The van der Waals surface area contributed by atoms with Gasteiger partial charge in [-0.05, 0) is 6.92 Å². The van der Waals surface area contributed by atoms with Gasteiger partial charge in [-0.25, -0.2) is 12.7 Å². The predicted molar refractivity (Wildman–Crippen MR) is 56.8 cm³/mol. The Hall–Kier alpha value is -0.660. The van der Waals surface area contributed by atoms with Crippen LogP contribution in [0.25, 0.3) is 0 Å². The molecule has 0 aliphatic rings. The zero-order valence-corrected chi connectivity index (χ0v) is 10.2. The first-order valence-electron chi connectivity index (χ1n) is 4.51. The molecule has 0 bridgehead atoms. The Morgan fingerprint density at radius 2 is 2.00 bits per heavy atom. The lowest BCUT2D eigenvalue weighted by atomic mass is 10.2. The van der Waals surface area contributed by atoms with Crippen LogP contribution < -0.4 is 5.32 Å². The largest absolute Gasteiger partial charge is 0.390 e. The highest BCUT2D eigenvalue weighted by molar-refractivity contribution is 7.88. The fraction of sp³-hybridized carbons (Fsp3) is 0.875. The molecule has 0 radical (unpaired) electrons. The van der Waals surface area contributed by atoms with E-state index in [0.29, 0.717) is 0 Å². The molecule has 2 unspecified atom stereocenters. The molecule has 2 N–H and O–H groups in total. The highest BCUT2D eigenvalue weighted by Crippen LogP contribution is 1.99. The van der Waals surface area contributed by atoms with Gasteiger partial charge in [0.25, 0.3) is 0 Å². The zero-order valence-electron chi connectivity index (χ0n) is 9.39. The standard InChI is InChI=1S/C8H18N2O4S/c1-6(9-7(2)11)8(12)5-10(3)15(4,13)14/h6,8,12H,5H2,1-4H3,(H,9,11). The lowest BCUT2D eigenvalue weighted by molar-refractivity contribution is -0.120. The van der Waals surface area contributed by atoms with Crippen LogP contribution in [0.3, 0.4) is 0 Å². The van der Waals surface area contributed by atoms with Crippen molar-refractivity contribution in [2.24, 2.45) is 0 Å². The molecule has 0 heterocycles. The Bertz CT molecular complexity index is 315. The number of nitrogens with one attached hydrogen (secondary N) is 1. The van der Waals surface area contributed by atoms with E-state index in [2.05, 4.69) is 5.32 Å². The third-order valence-corrected chi connectivity index (χ3v) is 3.30. The van der Waals surface area contributed by atoms with Crippen molar-refractivity contribution in [3.05, 3.63) is 0 Å². The first kappa shape index (κ1) is 14.3. The number of rotatable bonds is 5. The summed E-state index contributed by atoms with van der Waals surface area (Å²) in [7, 11) is -1.93. The Morgan fingerprint density at radius 1 is 1.53 bits per heavy atom. The number of sulfonamides is 1. The minimum atomic E-state index is -3.30. The van der Waals surface area contributed by atoms with E-state index >= 15 is 0 Å². The number of carbonyl (C=O) groups excluding carboxylic acids is 1. The summed E-state index contributed by atoms with van der Waals surface area (Å²) in [4.78, 5) is 10.7. The smallest absolute Gasteiger partial charge is 0.217 e. The molecule has 0 spiro atoms. The third kappa shape index (κ3) is 5.71. The van der Waals surface area contributed by atoms with Gasteiger partial charge in [-0.2, -0.15) is 0 Å². The van der Waals surface area contributed by atoms with Crippen molar-refractivity contribution in [1.29, 1.82) is 0 Å². The Labute approximate surface area is 90.3 Å². The van der Waals surface area contributed by atoms with Crippen LogP contribution in [0.1, 0.15) is 13.8 Å². The number of aliphatic hydroxyl groups is 1. The van der Waals surface area contributed by atoms with Crippen molar-refractivity contribution < 1.29 is 18.3 Å². The molecule has 1 amide bonds. The number of nitrogens with zero attached hydrogens (tertiary/aromatic N) is 1. The van der Waals surface area contributed by atoms with Crippen molar-refractivity contribution in [2.45, 2.75) is 26.0 Å². The van der Waals surface area contributed by atoms with Gasteiger partial charge in [-0.1, -0.05) is 0 Å². The molecule has 0 rings (SSSR count). The maximum atomic E-state index is 11.0. The highest BCUT2D eigenvalue weighted by Gasteiger charge is 2.20. The van der Waals surface area contributed by atoms with Crippen molar-refractivity contribution in [3.8, 4) is 0 Å². The minimum Gasteiger partial charge on any atom is -0.390 e. The zero-order chi connectivity index (χ0) is 12.2. The molecule has 0 saturated carbocycles. The van der Waals surface area contributed by atoms with Gasteiger partial charge in [0.05, 0.1) is 18.4 Å². The second kappa shape index (κ2) is 5.43. The molecule has 0 fully saturated rings. The number of hydrogen-bond acceptors (Lipinski definition) is 4. The summed E-state index contributed by atoms with van der Waals surface area (Å²) in [5, 5.41) is 12.1. The van der Waals surface area contributed by atoms with Gasteiger partial charge < -0.3 is 10.4 Å². The van der Waals surface area contributed by atoms with Crippen LogP contribution in [0.2, 0.25) is 0 Å². The van der Waals surface area contributed by atoms with E-state index in [1.807, 2.05) is 0 Å². The number of carbonyl (C=O) groups is 1. The van der Waals surface area contributed by atoms with Crippen LogP contribution in [-0.4, -0.2) is 55.7 Å². The lowest BCUT2D eigenvalue weighted by Gasteiger charge is -2.23. The van der Waals surface area contributed by atoms with Crippen LogP contribution in [0.15, 0.2) is 0 Å². The Balaban J connectivity index is 4.25. The number of aliphatic hydroxyl groups excluding tert-OH is 1. The monoisotopic (exact) mass is 238 g/mol. The number of likely N-dealkylation sites (N-methyl/N-ethyl adjacent to an activating group) is 1. The molecule has 0 aromatic carbocycles. The Kier molecular flexibility index (Phi) is 5.19. The fourth-order valence-electron chi connectivity index (χ4n) is 0.974. The average Bonchev–Trinajstić information content (AvgIpc) is 2.00. The van der Waals surface area contributed by atoms with Gasteiger partial charge in [-0.15, -0.1) is 0 Å². The topological polar surface area (TPSA) is 86.7 Å². The Morgan fingerprint density at radius 3 is 2.33 bits per heavy atom. The normalized spacial score (nSPS) is 16.1. The first-order chi connectivity index (χ1) is 6.64. The molecule has 0 aliphatic heterocycles. The second-order valence-electron chi connectivity index (χ2n) is 3.60. The summed E-state index contributed by atoms with van der Waals surface area (Å²) in [6, 6.07) is -0.480. The van der Waals surface area contributed by atoms with Crippen molar-refractivity contribution in [2.75, 3.05) is 19.8 Å². The molecule has 0 aromatic rings. The van der Waals surface area contributed by atoms with E-state index in [0.717, 1.165) is 10.6 Å². The van der Waals surface area contributed by atoms with Crippen molar-refractivity contribution in [1.82, 2.24) is 9.62 Å². The number of hydrogen-bond donors (Lipinski definition) is 2. The quantitative estimate of drug-likeness (QED) is 0.627. The summed E-state index contributed by atoms with van der Waals surface area (Å²) in [5.74, 6) is -0.261. The van der Waals surface area contributed by atoms with Gasteiger partial charge in [-0.3, -0.25) is 4.79 Å². The molecule has 7 heteroatoms. The van der Waals surface area contributed by atoms with E-state index in [9.17, 15) is 18.3 Å². The van der Waals surface area contributed by atoms with E-state index in [-0.39, 0.29) is 12.5 Å². The first-order valence-corrected chi connectivity index (χ1v) is 6.36. The molecule has 90 valence electrons. The molecular formula is C8H18N2O4S. The van der Waals surface area contributed by atoms with E-state index in [1.54, 1.807) is 6.92 Å². The summed E-state index contributed by atoms with van der Waals surface area (Å²) < 4.78 is 23.1. The van der Waals surface area contributed by atoms with Gasteiger partial charge in [0.1, 0.15) is 0 Å². The van der Waals surface area contributed by atoms with Crippen molar-refractivity contribution in [3.63, 3.8) is 0 Å².